The molecule has 2 atom stereocenters. The third-order valence-electron chi connectivity index (χ3n) is 3.45. The Morgan fingerprint density at radius 2 is 1.94 bits per heavy atom. The van der Waals surface area contributed by atoms with E-state index in [0.717, 1.165) is 0 Å². The van der Waals surface area contributed by atoms with Gasteiger partial charge in [0.25, 0.3) is 5.91 Å². The zero-order valence-corrected chi connectivity index (χ0v) is 10.8. The van der Waals surface area contributed by atoms with Crippen molar-refractivity contribution < 1.29 is 22.4 Å². The summed E-state index contributed by atoms with van der Waals surface area (Å²) in [6.07, 6.45) is -0.562. The molecule has 6 heteroatoms. The fourth-order valence-electron chi connectivity index (χ4n) is 2.41. The summed E-state index contributed by atoms with van der Waals surface area (Å²) in [5, 5.41) is 2.08. The van der Waals surface area contributed by atoms with Gasteiger partial charge in [0.1, 0.15) is 0 Å². The van der Waals surface area contributed by atoms with Gasteiger partial charge in [0.05, 0.1) is 0 Å². The predicted molar refractivity (Wildman–Crippen MR) is 59.7 cm³/mol. The molecular formula is C12H19F4NO. The van der Waals surface area contributed by atoms with E-state index in [2.05, 4.69) is 5.32 Å². The van der Waals surface area contributed by atoms with E-state index < -0.39 is 30.2 Å². The number of rotatable bonds is 3. The van der Waals surface area contributed by atoms with Crippen molar-refractivity contribution >= 4 is 5.91 Å². The lowest BCUT2D eigenvalue weighted by Gasteiger charge is -2.38. The number of alkyl halides is 4. The molecule has 0 bridgehead atoms. The minimum Gasteiger partial charge on any atom is -0.348 e. The molecule has 0 aromatic carbocycles. The minimum absolute atomic E-state index is 0.0666. The van der Waals surface area contributed by atoms with Crippen LogP contribution in [-0.4, -0.2) is 23.8 Å². The third-order valence-corrected chi connectivity index (χ3v) is 3.45. The van der Waals surface area contributed by atoms with Crippen LogP contribution in [0, 0.1) is 11.8 Å². The second-order valence-corrected chi connectivity index (χ2v) is 5.47. The first kappa shape index (κ1) is 15.2. The molecule has 0 spiro atoms. The highest BCUT2D eigenvalue weighted by molar-refractivity contribution is 5.83. The number of carbonyl (C=O) groups is 1. The molecule has 0 heterocycles. The van der Waals surface area contributed by atoms with Crippen molar-refractivity contribution in [1.29, 1.82) is 0 Å². The van der Waals surface area contributed by atoms with Gasteiger partial charge in [-0.2, -0.15) is 8.78 Å². The molecule has 1 fully saturated rings. The summed E-state index contributed by atoms with van der Waals surface area (Å²) >= 11 is 0. The van der Waals surface area contributed by atoms with E-state index in [-0.39, 0.29) is 24.7 Å². The van der Waals surface area contributed by atoms with Crippen LogP contribution in [-0.2, 0) is 4.79 Å². The van der Waals surface area contributed by atoms with Crippen molar-refractivity contribution in [2.45, 2.75) is 57.9 Å². The van der Waals surface area contributed by atoms with Gasteiger partial charge in [0.15, 0.2) is 0 Å². The van der Waals surface area contributed by atoms with Crippen molar-refractivity contribution in [3.63, 3.8) is 0 Å². The van der Waals surface area contributed by atoms with Crippen LogP contribution in [0.25, 0.3) is 0 Å². The molecular weight excluding hydrogens is 250 g/mol. The zero-order valence-electron chi connectivity index (χ0n) is 10.8. The maximum atomic E-state index is 13.3. The third kappa shape index (κ3) is 3.85. The molecule has 1 aliphatic rings. The monoisotopic (exact) mass is 269 g/mol. The van der Waals surface area contributed by atoms with Crippen LogP contribution in [0.5, 0.6) is 0 Å². The Labute approximate surface area is 104 Å². The first-order valence-corrected chi connectivity index (χ1v) is 6.09. The van der Waals surface area contributed by atoms with E-state index >= 15 is 0 Å². The lowest BCUT2D eigenvalue weighted by molar-refractivity contribution is -0.146. The molecule has 0 aliphatic heterocycles. The van der Waals surface area contributed by atoms with Crippen molar-refractivity contribution in [1.82, 2.24) is 5.32 Å². The Morgan fingerprint density at radius 1 is 1.39 bits per heavy atom. The molecule has 1 saturated carbocycles. The molecule has 18 heavy (non-hydrogen) atoms. The number of hydrogen-bond donors (Lipinski definition) is 1. The topological polar surface area (TPSA) is 29.1 Å². The van der Waals surface area contributed by atoms with E-state index in [1.807, 2.05) is 13.8 Å². The molecule has 1 N–H and O–H groups in total. The summed E-state index contributed by atoms with van der Waals surface area (Å²) in [7, 11) is 0. The summed E-state index contributed by atoms with van der Waals surface area (Å²) in [5.41, 5.74) is 0. The number of amides is 1. The number of carbonyl (C=O) groups excluding carboxylic acids is 1. The van der Waals surface area contributed by atoms with Crippen molar-refractivity contribution in [3.8, 4) is 0 Å². The molecule has 1 rings (SSSR count). The molecule has 0 radical (unpaired) electrons. The van der Waals surface area contributed by atoms with E-state index in [0.29, 0.717) is 6.92 Å². The van der Waals surface area contributed by atoms with Crippen LogP contribution in [0.15, 0.2) is 0 Å². The molecule has 2 nitrogen and oxygen atoms in total. The summed E-state index contributed by atoms with van der Waals surface area (Å²) in [4.78, 5) is 11.2. The number of halogens is 4. The fraction of sp³-hybridized carbons (Fsp3) is 0.917. The van der Waals surface area contributed by atoms with Crippen LogP contribution in [0.4, 0.5) is 17.6 Å². The average Bonchev–Trinajstić information content (AvgIpc) is 2.13. The van der Waals surface area contributed by atoms with Crippen molar-refractivity contribution in [2.24, 2.45) is 11.8 Å². The molecule has 1 aliphatic carbocycles. The maximum Gasteiger partial charge on any atom is 0.321 e. The van der Waals surface area contributed by atoms with Crippen LogP contribution in [0.3, 0.4) is 0 Å². The minimum atomic E-state index is -3.53. The first-order chi connectivity index (χ1) is 8.03. The van der Waals surface area contributed by atoms with Gasteiger partial charge in [-0.3, -0.25) is 4.79 Å². The maximum absolute atomic E-state index is 13.3. The van der Waals surface area contributed by atoms with Crippen LogP contribution in [0.1, 0.15) is 40.0 Å². The van der Waals surface area contributed by atoms with Gasteiger partial charge in [0.2, 0.25) is 5.92 Å². The van der Waals surface area contributed by atoms with Gasteiger partial charge < -0.3 is 5.32 Å². The second kappa shape index (κ2) is 5.05. The SMILES string of the molecule is CC(C)[C@@H]1CCC(F)(F)C[C@H]1NC(=O)C(C)(F)F. The van der Waals surface area contributed by atoms with Gasteiger partial charge in [-0.1, -0.05) is 13.8 Å². The van der Waals surface area contributed by atoms with Crippen LogP contribution in [0.2, 0.25) is 0 Å². The van der Waals surface area contributed by atoms with Crippen LogP contribution >= 0.6 is 0 Å². The second-order valence-electron chi connectivity index (χ2n) is 5.47. The van der Waals surface area contributed by atoms with Gasteiger partial charge in [0, 0.05) is 25.8 Å². The van der Waals surface area contributed by atoms with Crippen molar-refractivity contribution in [2.75, 3.05) is 0 Å². The molecule has 0 aromatic rings. The Balaban J connectivity index is 2.77. The molecule has 106 valence electrons. The summed E-state index contributed by atoms with van der Waals surface area (Å²) in [6, 6.07) is -0.882. The Morgan fingerprint density at radius 3 is 2.39 bits per heavy atom. The normalized spacial score (nSPS) is 28.2. The first-order valence-electron chi connectivity index (χ1n) is 6.09. The lowest BCUT2D eigenvalue weighted by atomic mass is 9.76. The van der Waals surface area contributed by atoms with E-state index in [9.17, 15) is 22.4 Å². The summed E-state index contributed by atoms with van der Waals surface area (Å²) < 4.78 is 52.2. The average molecular weight is 269 g/mol. The van der Waals surface area contributed by atoms with Gasteiger partial charge in [-0.05, 0) is 18.3 Å². The Hall–Kier alpha value is -0.810. The summed E-state index contributed by atoms with van der Waals surface area (Å²) in [6.45, 7) is 4.16. The highest BCUT2D eigenvalue weighted by Crippen LogP contribution is 2.39. The predicted octanol–water partition coefficient (Wildman–Crippen LogP) is 3.22. The highest BCUT2D eigenvalue weighted by Gasteiger charge is 2.45. The zero-order chi connectivity index (χ0) is 14.1. The van der Waals surface area contributed by atoms with E-state index in [4.69, 9.17) is 0 Å². The number of nitrogens with one attached hydrogen (secondary N) is 1. The number of hydrogen-bond acceptors (Lipinski definition) is 1. The van der Waals surface area contributed by atoms with E-state index in [1.165, 1.54) is 0 Å². The smallest absolute Gasteiger partial charge is 0.321 e. The summed E-state index contributed by atoms with van der Waals surface area (Å²) in [5.74, 6) is -8.01. The molecule has 0 saturated heterocycles. The molecule has 1 amide bonds. The highest BCUT2D eigenvalue weighted by atomic mass is 19.3. The van der Waals surface area contributed by atoms with Gasteiger partial charge in [-0.15, -0.1) is 0 Å². The van der Waals surface area contributed by atoms with Crippen molar-refractivity contribution in [3.05, 3.63) is 0 Å². The largest absolute Gasteiger partial charge is 0.348 e. The fourth-order valence-corrected chi connectivity index (χ4v) is 2.41. The molecule has 0 aromatic heterocycles. The standard InChI is InChI=1S/C12H19F4NO/c1-7(2)8-4-5-12(15,16)6-9(8)17-10(18)11(3,13)14/h7-9H,4-6H2,1-3H3,(H,17,18)/t8-,9+/m0/s1. The molecule has 0 unspecified atom stereocenters. The Kier molecular flexibility index (Phi) is 4.28. The van der Waals surface area contributed by atoms with Gasteiger partial charge in [-0.25, -0.2) is 8.78 Å². The lowest BCUT2D eigenvalue weighted by Crippen LogP contribution is -2.52. The van der Waals surface area contributed by atoms with Gasteiger partial charge >= 0.3 is 5.92 Å². The van der Waals surface area contributed by atoms with E-state index in [1.54, 1.807) is 0 Å². The quantitative estimate of drug-likeness (QED) is 0.783. The van der Waals surface area contributed by atoms with Crippen LogP contribution < -0.4 is 5.32 Å². The Bertz CT molecular complexity index is 312.